The van der Waals surface area contributed by atoms with Gasteiger partial charge in [-0.15, -0.1) is 6.42 Å². The second kappa shape index (κ2) is 5.51. The summed E-state index contributed by atoms with van der Waals surface area (Å²) in [6.45, 7) is 3.00. The largest absolute Gasteiger partial charge is 0.486 e. The number of nitrogens with zero attached hydrogens (tertiary/aromatic N) is 1. The van der Waals surface area contributed by atoms with Gasteiger partial charge < -0.3 is 9.47 Å². The molecule has 102 valence electrons. The third-order valence-corrected chi connectivity index (χ3v) is 4.69. The van der Waals surface area contributed by atoms with Gasteiger partial charge in [0.1, 0.15) is 13.2 Å². The average Bonchev–Trinajstić information content (AvgIpc) is 2.44. The van der Waals surface area contributed by atoms with Crippen LogP contribution in [-0.2, 0) is 10.0 Å². The summed E-state index contributed by atoms with van der Waals surface area (Å²) in [4.78, 5) is 0.161. The molecule has 0 radical (unpaired) electrons. The summed E-state index contributed by atoms with van der Waals surface area (Å²) in [5.41, 5.74) is 0. The number of hydrogen-bond donors (Lipinski definition) is 0. The monoisotopic (exact) mass is 281 g/mol. The van der Waals surface area contributed by atoms with Crippen LogP contribution >= 0.6 is 0 Å². The van der Waals surface area contributed by atoms with Crippen molar-refractivity contribution >= 4 is 10.0 Å². The molecule has 0 unspecified atom stereocenters. The lowest BCUT2D eigenvalue weighted by atomic mass is 10.3. The molecule has 0 saturated carbocycles. The van der Waals surface area contributed by atoms with Gasteiger partial charge in [0.05, 0.1) is 11.4 Å². The lowest BCUT2D eigenvalue weighted by Gasteiger charge is -2.21. The number of hydrogen-bond acceptors (Lipinski definition) is 4. The highest BCUT2D eigenvalue weighted by molar-refractivity contribution is 7.89. The average molecular weight is 281 g/mol. The van der Waals surface area contributed by atoms with Crippen molar-refractivity contribution in [2.75, 3.05) is 26.3 Å². The Morgan fingerprint density at radius 3 is 2.63 bits per heavy atom. The molecule has 1 heterocycles. The lowest BCUT2D eigenvalue weighted by Crippen LogP contribution is -2.31. The molecule has 0 N–H and O–H groups in total. The van der Waals surface area contributed by atoms with Crippen LogP contribution < -0.4 is 9.47 Å². The van der Waals surface area contributed by atoms with Crippen molar-refractivity contribution in [3.63, 3.8) is 0 Å². The minimum atomic E-state index is -3.59. The number of sulfonamides is 1. The van der Waals surface area contributed by atoms with Crippen LogP contribution in [0.2, 0.25) is 0 Å². The van der Waals surface area contributed by atoms with E-state index >= 15 is 0 Å². The normalized spacial score (nSPS) is 14.2. The van der Waals surface area contributed by atoms with E-state index in [1.165, 1.54) is 16.4 Å². The summed E-state index contributed by atoms with van der Waals surface area (Å²) >= 11 is 0. The van der Waals surface area contributed by atoms with Gasteiger partial charge >= 0.3 is 0 Å². The van der Waals surface area contributed by atoms with Crippen molar-refractivity contribution in [1.82, 2.24) is 4.31 Å². The van der Waals surface area contributed by atoms with E-state index in [0.717, 1.165) is 0 Å². The maximum Gasteiger partial charge on any atom is 0.244 e. The molecule has 0 aromatic heterocycles. The zero-order valence-corrected chi connectivity index (χ0v) is 11.4. The van der Waals surface area contributed by atoms with E-state index in [0.29, 0.717) is 31.3 Å². The lowest BCUT2D eigenvalue weighted by molar-refractivity contribution is 0.171. The van der Waals surface area contributed by atoms with E-state index < -0.39 is 10.0 Å². The highest BCUT2D eigenvalue weighted by Gasteiger charge is 2.24. The quantitative estimate of drug-likeness (QED) is 0.776. The summed E-state index contributed by atoms with van der Waals surface area (Å²) in [5, 5.41) is 0. The maximum absolute atomic E-state index is 12.4. The van der Waals surface area contributed by atoms with Crippen LogP contribution in [0, 0.1) is 12.3 Å². The van der Waals surface area contributed by atoms with Gasteiger partial charge in [0.25, 0.3) is 0 Å². The molecule has 1 aliphatic rings. The second-order valence-corrected chi connectivity index (χ2v) is 5.88. The van der Waals surface area contributed by atoms with Gasteiger partial charge in [-0.3, -0.25) is 0 Å². The molecule has 1 aromatic rings. The van der Waals surface area contributed by atoms with Gasteiger partial charge in [-0.05, 0) is 12.1 Å². The predicted octanol–water partition coefficient (Wildman–Crippen LogP) is 1.10. The third kappa shape index (κ3) is 2.67. The molecular formula is C13H15NO4S. The first-order valence-electron chi connectivity index (χ1n) is 5.93. The fourth-order valence-electron chi connectivity index (χ4n) is 1.80. The molecule has 6 heteroatoms. The molecule has 0 spiro atoms. The zero-order chi connectivity index (χ0) is 13.9. The Hall–Kier alpha value is -1.71. The number of terminal acetylenes is 1. The molecule has 19 heavy (non-hydrogen) atoms. The van der Waals surface area contributed by atoms with Crippen LogP contribution in [0.25, 0.3) is 0 Å². The minimum absolute atomic E-state index is 0.0489. The molecule has 0 saturated heterocycles. The van der Waals surface area contributed by atoms with Crippen molar-refractivity contribution in [1.29, 1.82) is 0 Å². The van der Waals surface area contributed by atoms with Crippen molar-refractivity contribution in [2.45, 2.75) is 11.8 Å². The first-order chi connectivity index (χ1) is 9.09. The highest BCUT2D eigenvalue weighted by Crippen LogP contribution is 2.33. The van der Waals surface area contributed by atoms with Crippen LogP contribution in [0.1, 0.15) is 6.92 Å². The molecule has 0 atom stereocenters. The zero-order valence-electron chi connectivity index (χ0n) is 10.6. The van der Waals surface area contributed by atoms with Gasteiger partial charge in [0, 0.05) is 12.6 Å². The Labute approximate surface area is 113 Å². The Morgan fingerprint density at radius 2 is 2.00 bits per heavy atom. The topological polar surface area (TPSA) is 55.8 Å². The van der Waals surface area contributed by atoms with E-state index in [1.807, 2.05) is 0 Å². The smallest absolute Gasteiger partial charge is 0.244 e. The predicted molar refractivity (Wildman–Crippen MR) is 70.7 cm³/mol. The van der Waals surface area contributed by atoms with Crippen molar-refractivity contribution in [3.05, 3.63) is 18.2 Å². The first-order valence-corrected chi connectivity index (χ1v) is 7.37. The van der Waals surface area contributed by atoms with Crippen LogP contribution in [0.5, 0.6) is 11.5 Å². The highest BCUT2D eigenvalue weighted by atomic mass is 32.2. The summed E-state index contributed by atoms with van der Waals surface area (Å²) in [6.07, 6.45) is 5.19. The fraction of sp³-hybridized carbons (Fsp3) is 0.385. The Balaban J connectivity index is 2.38. The standard InChI is InChI=1S/C13H15NO4S/c1-3-7-14(4-2)19(15,16)11-5-6-12-13(10-11)18-9-8-17-12/h1,5-6,10H,4,7-9H2,2H3. The van der Waals surface area contributed by atoms with E-state index in [9.17, 15) is 8.42 Å². The van der Waals surface area contributed by atoms with Gasteiger partial charge in [-0.25, -0.2) is 8.42 Å². The first kappa shape index (κ1) is 13.7. The molecule has 2 rings (SSSR count). The Bertz CT molecular complexity index is 604. The molecule has 5 nitrogen and oxygen atoms in total. The summed E-state index contributed by atoms with van der Waals surface area (Å²) in [5.74, 6) is 3.36. The van der Waals surface area contributed by atoms with E-state index in [-0.39, 0.29) is 11.4 Å². The van der Waals surface area contributed by atoms with Crippen LogP contribution in [0.4, 0.5) is 0 Å². The molecule has 0 aliphatic carbocycles. The summed E-state index contributed by atoms with van der Waals surface area (Å²) in [7, 11) is -3.59. The van der Waals surface area contributed by atoms with Crippen molar-refractivity contribution in [3.8, 4) is 23.8 Å². The molecule has 0 fully saturated rings. The van der Waals surface area contributed by atoms with Gasteiger partial charge in [0.15, 0.2) is 11.5 Å². The molecule has 1 aromatic carbocycles. The maximum atomic E-state index is 12.4. The summed E-state index contributed by atoms with van der Waals surface area (Å²) in [6, 6.07) is 4.58. The Kier molecular flexibility index (Phi) is 3.98. The van der Waals surface area contributed by atoms with E-state index in [1.54, 1.807) is 13.0 Å². The molecule has 0 amide bonds. The number of benzene rings is 1. The summed E-state index contributed by atoms with van der Waals surface area (Å²) < 4.78 is 36.7. The van der Waals surface area contributed by atoms with Crippen LogP contribution in [0.3, 0.4) is 0 Å². The van der Waals surface area contributed by atoms with Gasteiger partial charge in [-0.2, -0.15) is 4.31 Å². The Morgan fingerprint density at radius 1 is 1.32 bits per heavy atom. The second-order valence-electron chi connectivity index (χ2n) is 3.94. The number of rotatable bonds is 4. The minimum Gasteiger partial charge on any atom is -0.486 e. The molecular weight excluding hydrogens is 266 g/mol. The van der Waals surface area contributed by atoms with E-state index in [4.69, 9.17) is 15.9 Å². The van der Waals surface area contributed by atoms with Crippen LogP contribution in [-0.4, -0.2) is 39.0 Å². The fourth-order valence-corrected chi connectivity index (χ4v) is 3.18. The van der Waals surface area contributed by atoms with Gasteiger partial charge in [0.2, 0.25) is 10.0 Å². The van der Waals surface area contributed by atoms with Crippen molar-refractivity contribution < 1.29 is 17.9 Å². The number of fused-ring (bicyclic) bond motifs is 1. The third-order valence-electron chi connectivity index (χ3n) is 2.77. The molecule has 1 aliphatic heterocycles. The van der Waals surface area contributed by atoms with Gasteiger partial charge in [-0.1, -0.05) is 12.8 Å². The molecule has 0 bridgehead atoms. The number of ether oxygens (including phenoxy) is 2. The van der Waals surface area contributed by atoms with Crippen LogP contribution in [0.15, 0.2) is 23.1 Å². The van der Waals surface area contributed by atoms with E-state index in [2.05, 4.69) is 5.92 Å². The van der Waals surface area contributed by atoms with Crippen molar-refractivity contribution in [2.24, 2.45) is 0 Å². The SMILES string of the molecule is C#CCN(CC)S(=O)(=O)c1ccc2c(c1)OCCO2.